The quantitative estimate of drug-likeness (QED) is 0.370. The van der Waals surface area contributed by atoms with Gasteiger partial charge in [0.15, 0.2) is 0 Å². The number of para-hydroxylation sites is 1. The normalized spacial score (nSPS) is 19.6. The summed E-state index contributed by atoms with van der Waals surface area (Å²) in [5.41, 5.74) is 1.30. The molecule has 3 heterocycles. The number of pyridine rings is 1. The van der Waals surface area contributed by atoms with Crippen molar-refractivity contribution < 1.29 is 33.7 Å². The van der Waals surface area contributed by atoms with Crippen LogP contribution in [0.25, 0.3) is 11.1 Å². The molecular weight excluding hydrogens is 577 g/mol. The van der Waals surface area contributed by atoms with Gasteiger partial charge < -0.3 is 24.7 Å². The molecule has 1 unspecified atom stereocenters. The Balaban J connectivity index is 1.31. The second kappa shape index (κ2) is 12.3. The van der Waals surface area contributed by atoms with Crippen LogP contribution in [0.15, 0.2) is 54.7 Å². The highest BCUT2D eigenvalue weighted by molar-refractivity contribution is 6.30. The Labute approximate surface area is 253 Å². The van der Waals surface area contributed by atoms with Crippen LogP contribution in [0, 0.1) is 11.2 Å². The number of carboxylic acids is 1. The third kappa shape index (κ3) is 6.21. The fourth-order valence-corrected chi connectivity index (χ4v) is 5.95. The first-order chi connectivity index (χ1) is 20.5. The summed E-state index contributed by atoms with van der Waals surface area (Å²) >= 11 is 6.21. The van der Waals surface area contributed by atoms with Gasteiger partial charge in [-0.25, -0.2) is 4.39 Å². The highest BCUT2D eigenvalue weighted by Gasteiger charge is 2.46. The lowest BCUT2D eigenvalue weighted by Crippen LogP contribution is -2.56. The Kier molecular flexibility index (Phi) is 8.71. The van der Waals surface area contributed by atoms with E-state index in [9.17, 15) is 19.5 Å². The van der Waals surface area contributed by atoms with E-state index >= 15 is 4.39 Å². The highest BCUT2D eigenvalue weighted by Crippen LogP contribution is 2.40. The number of fused-ring (bicyclic) bond motifs is 1. The molecule has 2 aliphatic rings. The van der Waals surface area contributed by atoms with E-state index in [1.54, 1.807) is 60.0 Å². The van der Waals surface area contributed by atoms with Crippen LogP contribution in [0.4, 0.5) is 10.1 Å². The number of halogens is 2. The van der Waals surface area contributed by atoms with Gasteiger partial charge >= 0.3 is 5.97 Å². The van der Waals surface area contributed by atoms with Crippen LogP contribution in [0.5, 0.6) is 5.75 Å². The number of nitrogens with zero attached hydrogens (tertiary/aromatic N) is 3. The van der Waals surface area contributed by atoms with Crippen LogP contribution in [-0.4, -0.2) is 69.7 Å². The minimum atomic E-state index is -1.01. The first-order valence-electron chi connectivity index (χ1n) is 14.2. The molecule has 2 aromatic carbocycles. The standard InChI is InChI=1S/C32H33ClFN3O6/c1-19(13-29(39)40)43-28-6-4-3-5-23(28)20-7-8-24(25(34)14-20)30(41)36-11-9-22(10-12-36)37-27-15-21(33)17-35-26(27)16-32(2,18-38)31(37)42/h3-8,14-15,17,19,22,38H,9-13,16,18H2,1-2H3,(H,39,40)/t19-,32?/m1/s1. The Morgan fingerprint density at radius 2 is 1.91 bits per heavy atom. The number of ether oxygens (including phenoxy) is 1. The van der Waals surface area contributed by atoms with Crippen LogP contribution in [0.3, 0.4) is 0 Å². The predicted octanol–water partition coefficient (Wildman–Crippen LogP) is 4.98. The fraction of sp³-hybridized carbons (Fsp3) is 0.375. The Bertz CT molecular complexity index is 1560. The van der Waals surface area contributed by atoms with Crippen molar-refractivity contribution in [2.45, 2.75) is 51.7 Å². The van der Waals surface area contributed by atoms with E-state index in [2.05, 4.69) is 4.98 Å². The number of carboxylic acid groups (broad SMARTS) is 1. The maximum Gasteiger partial charge on any atom is 0.307 e. The molecule has 43 heavy (non-hydrogen) atoms. The highest BCUT2D eigenvalue weighted by atomic mass is 35.5. The molecule has 0 spiro atoms. The average molecular weight is 610 g/mol. The van der Waals surface area contributed by atoms with Gasteiger partial charge in [-0.2, -0.15) is 0 Å². The fourth-order valence-electron chi connectivity index (χ4n) is 5.80. The molecule has 0 aliphatic carbocycles. The molecule has 2 aliphatic heterocycles. The van der Waals surface area contributed by atoms with E-state index in [0.29, 0.717) is 65.6 Å². The summed E-state index contributed by atoms with van der Waals surface area (Å²) in [6.07, 6.45) is 1.98. The summed E-state index contributed by atoms with van der Waals surface area (Å²) in [5, 5.41) is 19.5. The molecule has 226 valence electrons. The SMILES string of the molecule is C[C@H](CC(=O)O)Oc1ccccc1-c1ccc(C(=O)N2CCC(N3C(=O)C(C)(CO)Cc4ncc(Cl)cc43)CC2)c(F)c1. The smallest absolute Gasteiger partial charge is 0.307 e. The molecule has 3 aromatic rings. The summed E-state index contributed by atoms with van der Waals surface area (Å²) < 4.78 is 21.2. The first-order valence-corrected chi connectivity index (χ1v) is 14.5. The molecule has 1 aromatic heterocycles. The average Bonchev–Trinajstić information content (AvgIpc) is 2.98. The lowest BCUT2D eigenvalue weighted by Gasteiger charge is -2.45. The largest absolute Gasteiger partial charge is 0.489 e. The van der Waals surface area contributed by atoms with Gasteiger partial charge in [-0.15, -0.1) is 0 Å². The number of piperidine rings is 1. The number of likely N-dealkylation sites (tertiary alicyclic amines) is 1. The van der Waals surface area contributed by atoms with Crippen molar-refractivity contribution in [3.05, 3.63) is 76.8 Å². The van der Waals surface area contributed by atoms with E-state index in [-0.39, 0.29) is 30.5 Å². The number of carbonyl (C=O) groups is 3. The first kappa shape index (κ1) is 30.4. The van der Waals surface area contributed by atoms with Gasteiger partial charge in [-0.1, -0.05) is 35.9 Å². The van der Waals surface area contributed by atoms with Crippen molar-refractivity contribution in [1.82, 2.24) is 9.88 Å². The van der Waals surface area contributed by atoms with Crippen molar-refractivity contribution in [1.29, 1.82) is 0 Å². The van der Waals surface area contributed by atoms with Gasteiger partial charge in [-0.3, -0.25) is 19.4 Å². The monoisotopic (exact) mass is 609 g/mol. The molecular formula is C32H33ClFN3O6. The Morgan fingerprint density at radius 3 is 2.58 bits per heavy atom. The zero-order chi connectivity index (χ0) is 30.9. The van der Waals surface area contributed by atoms with Crippen LogP contribution in [-0.2, 0) is 16.0 Å². The minimum absolute atomic E-state index is 0.0666. The van der Waals surface area contributed by atoms with Gasteiger partial charge in [0.2, 0.25) is 5.91 Å². The van der Waals surface area contributed by atoms with E-state index in [1.807, 2.05) is 0 Å². The second-order valence-corrected chi connectivity index (χ2v) is 11.9. The lowest BCUT2D eigenvalue weighted by atomic mass is 9.79. The molecule has 11 heteroatoms. The second-order valence-electron chi connectivity index (χ2n) is 11.4. The van der Waals surface area contributed by atoms with Crippen molar-refractivity contribution >= 4 is 35.1 Å². The van der Waals surface area contributed by atoms with Gasteiger partial charge in [0.05, 0.1) is 40.4 Å². The van der Waals surface area contributed by atoms with Crippen molar-refractivity contribution in [2.24, 2.45) is 5.41 Å². The Hall–Kier alpha value is -4.02. The van der Waals surface area contributed by atoms with Gasteiger partial charge in [0.1, 0.15) is 17.7 Å². The van der Waals surface area contributed by atoms with Crippen molar-refractivity contribution in [3.8, 4) is 16.9 Å². The van der Waals surface area contributed by atoms with E-state index in [4.69, 9.17) is 21.4 Å². The van der Waals surface area contributed by atoms with Gasteiger partial charge in [-0.05, 0) is 56.5 Å². The van der Waals surface area contributed by atoms with Gasteiger partial charge in [0, 0.05) is 37.3 Å². The number of carbonyl (C=O) groups excluding carboxylic acids is 2. The topological polar surface area (TPSA) is 120 Å². The Morgan fingerprint density at radius 1 is 1.19 bits per heavy atom. The number of benzene rings is 2. The maximum atomic E-state index is 15.4. The molecule has 0 bridgehead atoms. The van der Waals surface area contributed by atoms with Crippen LogP contribution in [0.1, 0.15) is 49.2 Å². The third-order valence-electron chi connectivity index (χ3n) is 8.12. The van der Waals surface area contributed by atoms with Crippen LogP contribution in [0.2, 0.25) is 5.02 Å². The number of rotatable bonds is 8. The molecule has 1 fully saturated rings. The van der Waals surface area contributed by atoms with Crippen molar-refractivity contribution in [3.63, 3.8) is 0 Å². The van der Waals surface area contributed by atoms with Crippen molar-refractivity contribution in [2.75, 3.05) is 24.6 Å². The molecule has 2 amide bonds. The zero-order valence-electron chi connectivity index (χ0n) is 23.9. The van der Waals surface area contributed by atoms with E-state index in [0.717, 1.165) is 0 Å². The zero-order valence-corrected chi connectivity index (χ0v) is 24.7. The number of anilines is 1. The molecule has 0 radical (unpaired) electrons. The number of aliphatic carboxylic acids is 1. The van der Waals surface area contributed by atoms with E-state index in [1.165, 1.54) is 18.3 Å². The summed E-state index contributed by atoms with van der Waals surface area (Å²) in [7, 11) is 0. The van der Waals surface area contributed by atoms with E-state index < -0.39 is 29.2 Å². The number of amides is 2. The summed E-state index contributed by atoms with van der Waals surface area (Å²) in [6, 6.07) is 12.8. The molecule has 5 rings (SSSR count). The lowest BCUT2D eigenvalue weighted by molar-refractivity contribution is -0.138. The number of aromatic nitrogens is 1. The van der Waals surface area contributed by atoms with Crippen LogP contribution < -0.4 is 9.64 Å². The summed E-state index contributed by atoms with van der Waals surface area (Å²) in [6.45, 7) is 3.66. The minimum Gasteiger partial charge on any atom is -0.489 e. The number of hydrogen-bond donors (Lipinski definition) is 2. The van der Waals surface area contributed by atoms with Crippen LogP contribution >= 0.6 is 11.6 Å². The summed E-state index contributed by atoms with van der Waals surface area (Å²) in [4.78, 5) is 45.6. The third-order valence-corrected chi connectivity index (χ3v) is 8.33. The van der Waals surface area contributed by atoms with Gasteiger partial charge in [0.25, 0.3) is 5.91 Å². The number of hydrogen-bond acceptors (Lipinski definition) is 6. The molecule has 2 N–H and O–H groups in total. The number of aliphatic hydroxyl groups is 1. The molecule has 0 saturated carbocycles. The summed E-state index contributed by atoms with van der Waals surface area (Å²) in [5.74, 6) is -1.91. The predicted molar refractivity (Wildman–Crippen MR) is 159 cm³/mol. The molecule has 1 saturated heterocycles. The number of aliphatic hydroxyl groups excluding tert-OH is 1. The molecule has 9 nitrogen and oxygen atoms in total. The maximum absolute atomic E-state index is 15.4. The molecule has 2 atom stereocenters.